The number of amides is 1. The normalized spacial score (nSPS) is 11.8. The van der Waals surface area contributed by atoms with Gasteiger partial charge in [-0.15, -0.1) is 0 Å². The molecule has 4 heteroatoms. The first kappa shape index (κ1) is 15.3. The molecule has 106 valence electrons. The van der Waals surface area contributed by atoms with E-state index in [9.17, 15) is 4.79 Å². The molecular formula is C15H23NO3. The number of hydrogen-bond donors (Lipinski definition) is 1. The Balaban J connectivity index is 2.75. The Hall–Kier alpha value is -1.71. The second kappa shape index (κ2) is 7.67. The van der Waals surface area contributed by atoms with E-state index in [1.54, 1.807) is 14.2 Å². The van der Waals surface area contributed by atoms with Gasteiger partial charge in [0.05, 0.1) is 20.3 Å². The summed E-state index contributed by atoms with van der Waals surface area (Å²) >= 11 is 0. The fourth-order valence-corrected chi connectivity index (χ4v) is 1.90. The number of methoxy groups -OCH3 is 2. The largest absolute Gasteiger partial charge is 0.497 e. The standard InChI is InChI=1S/C15H23NO3/c1-5-6-7-15(17)16-11(2)13-9-8-12(18-3)10-14(13)19-4/h8-11H,5-7H2,1-4H3,(H,16,17). The summed E-state index contributed by atoms with van der Waals surface area (Å²) in [6.45, 7) is 4.03. The fraction of sp³-hybridized carbons (Fsp3) is 0.533. The van der Waals surface area contributed by atoms with Crippen molar-refractivity contribution in [2.45, 2.75) is 39.2 Å². The lowest BCUT2D eigenvalue weighted by atomic mass is 10.1. The van der Waals surface area contributed by atoms with Crippen LogP contribution in [0.3, 0.4) is 0 Å². The molecule has 0 fully saturated rings. The van der Waals surface area contributed by atoms with Gasteiger partial charge in [0.1, 0.15) is 11.5 Å². The lowest BCUT2D eigenvalue weighted by Crippen LogP contribution is -2.26. The molecule has 1 amide bonds. The van der Waals surface area contributed by atoms with Gasteiger partial charge in [-0.3, -0.25) is 4.79 Å². The molecule has 0 radical (unpaired) electrons. The maximum Gasteiger partial charge on any atom is 0.220 e. The zero-order chi connectivity index (χ0) is 14.3. The van der Waals surface area contributed by atoms with Crippen LogP contribution in [0.25, 0.3) is 0 Å². The lowest BCUT2D eigenvalue weighted by molar-refractivity contribution is -0.121. The maximum atomic E-state index is 11.7. The van der Waals surface area contributed by atoms with Gasteiger partial charge in [0, 0.05) is 18.1 Å². The van der Waals surface area contributed by atoms with Crippen LogP contribution >= 0.6 is 0 Å². The van der Waals surface area contributed by atoms with Crippen molar-refractivity contribution in [1.82, 2.24) is 5.32 Å². The number of carbonyl (C=O) groups excluding carboxylic acids is 1. The number of unbranched alkanes of at least 4 members (excludes halogenated alkanes) is 1. The zero-order valence-corrected chi connectivity index (χ0v) is 12.2. The monoisotopic (exact) mass is 265 g/mol. The van der Waals surface area contributed by atoms with Crippen LogP contribution in [0.15, 0.2) is 18.2 Å². The minimum atomic E-state index is -0.0785. The van der Waals surface area contributed by atoms with E-state index < -0.39 is 0 Å². The molecule has 0 saturated carbocycles. The maximum absolute atomic E-state index is 11.7. The van der Waals surface area contributed by atoms with Crippen LogP contribution in [0.5, 0.6) is 11.5 Å². The van der Waals surface area contributed by atoms with E-state index in [0.717, 1.165) is 29.9 Å². The summed E-state index contributed by atoms with van der Waals surface area (Å²) in [4.78, 5) is 11.7. The van der Waals surface area contributed by atoms with Crippen LogP contribution in [-0.2, 0) is 4.79 Å². The van der Waals surface area contributed by atoms with E-state index in [1.807, 2.05) is 25.1 Å². The van der Waals surface area contributed by atoms with Crippen molar-refractivity contribution in [1.29, 1.82) is 0 Å². The van der Waals surface area contributed by atoms with Gasteiger partial charge in [-0.1, -0.05) is 13.3 Å². The Labute approximate surface area is 115 Å². The molecule has 1 unspecified atom stereocenters. The fourth-order valence-electron chi connectivity index (χ4n) is 1.90. The molecule has 1 rings (SSSR count). The van der Waals surface area contributed by atoms with Crippen LogP contribution in [0, 0.1) is 0 Å². The second-order valence-corrected chi connectivity index (χ2v) is 4.50. The van der Waals surface area contributed by atoms with Crippen molar-refractivity contribution in [2.24, 2.45) is 0 Å². The predicted octanol–water partition coefficient (Wildman–Crippen LogP) is 3.07. The van der Waals surface area contributed by atoms with Crippen LogP contribution < -0.4 is 14.8 Å². The van der Waals surface area contributed by atoms with Crippen molar-refractivity contribution in [3.05, 3.63) is 23.8 Å². The predicted molar refractivity (Wildman–Crippen MR) is 75.6 cm³/mol. The summed E-state index contributed by atoms with van der Waals surface area (Å²) in [5, 5.41) is 2.98. The molecule has 19 heavy (non-hydrogen) atoms. The number of ether oxygens (including phenoxy) is 2. The number of hydrogen-bond acceptors (Lipinski definition) is 3. The molecule has 0 aliphatic heterocycles. The van der Waals surface area contributed by atoms with E-state index >= 15 is 0 Å². The summed E-state index contributed by atoms with van der Waals surface area (Å²) in [5.41, 5.74) is 0.952. The highest BCUT2D eigenvalue weighted by atomic mass is 16.5. The van der Waals surface area contributed by atoms with Gasteiger partial charge < -0.3 is 14.8 Å². The smallest absolute Gasteiger partial charge is 0.220 e. The van der Waals surface area contributed by atoms with E-state index in [1.165, 1.54) is 0 Å². The number of carbonyl (C=O) groups is 1. The summed E-state index contributed by atoms with van der Waals surface area (Å²) in [5.74, 6) is 1.54. The van der Waals surface area contributed by atoms with Crippen LogP contribution in [0.1, 0.15) is 44.7 Å². The van der Waals surface area contributed by atoms with E-state index in [-0.39, 0.29) is 11.9 Å². The zero-order valence-electron chi connectivity index (χ0n) is 12.2. The van der Waals surface area contributed by atoms with E-state index in [2.05, 4.69) is 12.2 Å². The highest BCUT2D eigenvalue weighted by Crippen LogP contribution is 2.29. The minimum absolute atomic E-state index is 0.0761. The Morgan fingerprint density at radius 3 is 2.63 bits per heavy atom. The number of nitrogens with one attached hydrogen (secondary N) is 1. The van der Waals surface area contributed by atoms with Gasteiger partial charge in [0.15, 0.2) is 0 Å². The average Bonchev–Trinajstić information content (AvgIpc) is 2.44. The molecule has 0 aliphatic rings. The Morgan fingerprint density at radius 2 is 2.05 bits per heavy atom. The van der Waals surface area contributed by atoms with Crippen molar-refractivity contribution < 1.29 is 14.3 Å². The highest BCUT2D eigenvalue weighted by molar-refractivity contribution is 5.76. The topological polar surface area (TPSA) is 47.6 Å². The Morgan fingerprint density at radius 1 is 1.32 bits per heavy atom. The molecule has 1 N–H and O–H groups in total. The molecule has 0 bridgehead atoms. The van der Waals surface area contributed by atoms with E-state index in [4.69, 9.17) is 9.47 Å². The summed E-state index contributed by atoms with van der Waals surface area (Å²) < 4.78 is 10.5. The molecule has 0 saturated heterocycles. The van der Waals surface area contributed by atoms with Gasteiger partial charge >= 0.3 is 0 Å². The third-order valence-electron chi connectivity index (χ3n) is 3.04. The molecular weight excluding hydrogens is 242 g/mol. The van der Waals surface area contributed by atoms with Crippen molar-refractivity contribution in [3.8, 4) is 11.5 Å². The van der Waals surface area contributed by atoms with Crippen LogP contribution in [0.2, 0.25) is 0 Å². The molecule has 1 aromatic carbocycles. The average molecular weight is 265 g/mol. The Kier molecular flexibility index (Phi) is 6.19. The van der Waals surface area contributed by atoms with Crippen molar-refractivity contribution in [3.63, 3.8) is 0 Å². The lowest BCUT2D eigenvalue weighted by Gasteiger charge is -2.18. The van der Waals surface area contributed by atoms with Crippen molar-refractivity contribution in [2.75, 3.05) is 14.2 Å². The first-order valence-electron chi connectivity index (χ1n) is 6.63. The Bertz CT molecular complexity index is 418. The first-order valence-corrected chi connectivity index (χ1v) is 6.63. The molecule has 1 aromatic rings. The third kappa shape index (κ3) is 4.47. The molecule has 0 spiro atoms. The van der Waals surface area contributed by atoms with Gasteiger partial charge in [0.2, 0.25) is 5.91 Å². The second-order valence-electron chi connectivity index (χ2n) is 4.50. The summed E-state index contributed by atoms with van der Waals surface area (Å²) in [6, 6.07) is 5.53. The number of benzene rings is 1. The van der Waals surface area contributed by atoms with Crippen LogP contribution in [0.4, 0.5) is 0 Å². The molecule has 1 atom stereocenters. The van der Waals surface area contributed by atoms with Crippen molar-refractivity contribution >= 4 is 5.91 Å². The molecule has 0 heterocycles. The molecule has 4 nitrogen and oxygen atoms in total. The quantitative estimate of drug-likeness (QED) is 0.824. The van der Waals surface area contributed by atoms with Gasteiger partial charge in [0.25, 0.3) is 0 Å². The van der Waals surface area contributed by atoms with Gasteiger partial charge in [-0.05, 0) is 25.5 Å². The minimum Gasteiger partial charge on any atom is -0.497 e. The summed E-state index contributed by atoms with van der Waals surface area (Å²) in [6.07, 6.45) is 2.51. The van der Waals surface area contributed by atoms with E-state index in [0.29, 0.717) is 6.42 Å². The van der Waals surface area contributed by atoms with Gasteiger partial charge in [-0.25, -0.2) is 0 Å². The van der Waals surface area contributed by atoms with Gasteiger partial charge in [-0.2, -0.15) is 0 Å². The molecule has 0 aliphatic carbocycles. The summed E-state index contributed by atoms with van der Waals surface area (Å²) in [7, 11) is 3.23. The SMILES string of the molecule is CCCCC(=O)NC(C)c1ccc(OC)cc1OC. The first-order chi connectivity index (χ1) is 9.12. The van der Waals surface area contributed by atoms with Crippen LogP contribution in [-0.4, -0.2) is 20.1 Å². The third-order valence-corrected chi connectivity index (χ3v) is 3.04. The number of rotatable bonds is 7. The molecule has 0 aromatic heterocycles. The highest BCUT2D eigenvalue weighted by Gasteiger charge is 2.14.